The van der Waals surface area contributed by atoms with Crippen molar-refractivity contribution in [3.05, 3.63) is 36.4 Å². The molecule has 0 unspecified atom stereocenters. The molecular formula is C14H14N2OS. The molecule has 0 atom stereocenters. The van der Waals surface area contributed by atoms with Crippen LogP contribution in [0.3, 0.4) is 0 Å². The molecule has 0 fully saturated rings. The Balaban J connectivity index is 2.38. The summed E-state index contributed by atoms with van der Waals surface area (Å²) in [6.45, 7) is 0.719. The van der Waals surface area contributed by atoms with Crippen LogP contribution in [-0.4, -0.2) is 27.5 Å². The first kappa shape index (κ1) is 11.6. The second-order valence-corrected chi connectivity index (χ2v) is 4.90. The molecule has 3 rings (SSSR count). The minimum absolute atomic E-state index is 0.131. The average molecular weight is 258 g/mol. The number of imidazole rings is 1. The third-order valence-electron chi connectivity index (χ3n) is 3.11. The Morgan fingerprint density at radius 2 is 2.06 bits per heavy atom. The number of aliphatic hydroxyl groups is 1. The fourth-order valence-corrected chi connectivity index (χ4v) is 2.90. The predicted octanol–water partition coefficient (Wildman–Crippen LogP) is 2.90. The van der Waals surface area contributed by atoms with Crippen LogP contribution in [0.15, 0.2) is 41.6 Å². The summed E-state index contributed by atoms with van der Waals surface area (Å²) in [5.74, 6) is 0. The van der Waals surface area contributed by atoms with E-state index in [2.05, 4.69) is 28.8 Å². The lowest BCUT2D eigenvalue weighted by atomic mass is 10.1. The van der Waals surface area contributed by atoms with E-state index in [1.165, 1.54) is 10.8 Å². The fraction of sp³-hybridized carbons (Fsp3) is 0.214. The van der Waals surface area contributed by atoms with Crippen LogP contribution in [0, 0.1) is 0 Å². The molecular weight excluding hydrogens is 244 g/mol. The van der Waals surface area contributed by atoms with Crippen molar-refractivity contribution in [2.75, 3.05) is 12.9 Å². The standard InChI is InChI=1S/C14H14N2OS/c1-18-14-15-13-11-5-3-2-4-10(11)6-7-12(13)16(14)8-9-17/h2-7,17H,8-9H2,1H3. The Kier molecular flexibility index (Phi) is 2.97. The van der Waals surface area contributed by atoms with E-state index in [0.717, 1.165) is 16.2 Å². The van der Waals surface area contributed by atoms with Crippen LogP contribution >= 0.6 is 11.8 Å². The first-order valence-corrected chi connectivity index (χ1v) is 7.10. The van der Waals surface area contributed by atoms with Crippen LogP contribution in [0.5, 0.6) is 0 Å². The maximum atomic E-state index is 9.17. The van der Waals surface area contributed by atoms with Crippen LogP contribution in [0.1, 0.15) is 0 Å². The third-order valence-corrected chi connectivity index (χ3v) is 3.79. The number of rotatable bonds is 3. The lowest BCUT2D eigenvalue weighted by Crippen LogP contribution is -2.02. The Labute approximate surface area is 109 Å². The molecule has 1 N–H and O–H groups in total. The van der Waals surface area contributed by atoms with Crippen molar-refractivity contribution in [2.24, 2.45) is 0 Å². The Hall–Kier alpha value is -1.52. The van der Waals surface area contributed by atoms with Gasteiger partial charge in [0.2, 0.25) is 0 Å². The minimum atomic E-state index is 0.131. The number of aromatic nitrogens is 2. The van der Waals surface area contributed by atoms with Gasteiger partial charge in [-0.15, -0.1) is 0 Å². The smallest absolute Gasteiger partial charge is 0.168 e. The number of hydrogen-bond donors (Lipinski definition) is 1. The molecule has 0 aliphatic heterocycles. The van der Waals surface area contributed by atoms with Crippen LogP contribution < -0.4 is 0 Å². The van der Waals surface area contributed by atoms with Crippen molar-refractivity contribution >= 4 is 33.6 Å². The fourth-order valence-electron chi connectivity index (χ4n) is 2.31. The zero-order valence-corrected chi connectivity index (χ0v) is 10.9. The molecule has 18 heavy (non-hydrogen) atoms. The molecule has 92 valence electrons. The lowest BCUT2D eigenvalue weighted by molar-refractivity contribution is 0.273. The average Bonchev–Trinajstić information content (AvgIpc) is 2.78. The summed E-state index contributed by atoms with van der Waals surface area (Å²) < 4.78 is 2.08. The number of aliphatic hydroxyl groups excluding tert-OH is 1. The van der Waals surface area contributed by atoms with Crippen LogP contribution in [-0.2, 0) is 6.54 Å². The minimum Gasteiger partial charge on any atom is -0.395 e. The summed E-state index contributed by atoms with van der Waals surface area (Å²) in [5.41, 5.74) is 2.11. The summed E-state index contributed by atoms with van der Waals surface area (Å²) in [6.07, 6.45) is 2.01. The molecule has 2 aromatic carbocycles. The second-order valence-electron chi connectivity index (χ2n) is 4.13. The quantitative estimate of drug-likeness (QED) is 0.734. The summed E-state index contributed by atoms with van der Waals surface area (Å²) in [7, 11) is 0. The van der Waals surface area contributed by atoms with Gasteiger partial charge in [-0.2, -0.15) is 0 Å². The van der Waals surface area contributed by atoms with Crippen molar-refractivity contribution < 1.29 is 5.11 Å². The molecule has 0 aliphatic rings. The largest absolute Gasteiger partial charge is 0.395 e. The molecule has 1 aromatic heterocycles. The first-order chi connectivity index (χ1) is 8.85. The van der Waals surface area contributed by atoms with Gasteiger partial charge in [0.25, 0.3) is 0 Å². The lowest BCUT2D eigenvalue weighted by Gasteiger charge is -2.05. The van der Waals surface area contributed by atoms with Gasteiger partial charge in [0.1, 0.15) is 0 Å². The number of nitrogens with zero attached hydrogens (tertiary/aromatic N) is 2. The highest BCUT2D eigenvalue weighted by Crippen LogP contribution is 2.28. The Morgan fingerprint density at radius 3 is 2.83 bits per heavy atom. The van der Waals surface area contributed by atoms with Gasteiger partial charge < -0.3 is 9.67 Å². The van der Waals surface area contributed by atoms with Gasteiger partial charge in [-0.1, -0.05) is 42.1 Å². The van der Waals surface area contributed by atoms with E-state index >= 15 is 0 Å². The van der Waals surface area contributed by atoms with E-state index in [1.54, 1.807) is 11.8 Å². The highest BCUT2D eigenvalue weighted by atomic mass is 32.2. The topological polar surface area (TPSA) is 38.0 Å². The summed E-state index contributed by atoms with van der Waals surface area (Å²) in [5, 5.41) is 12.5. The van der Waals surface area contributed by atoms with E-state index in [0.29, 0.717) is 6.54 Å². The highest BCUT2D eigenvalue weighted by molar-refractivity contribution is 7.98. The number of thioether (sulfide) groups is 1. The Morgan fingerprint density at radius 1 is 1.22 bits per heavy atom. The molecule has 3 nitrogen and oxygen atoms in total. The molecule has 0 saturated heterocycles. The molecule has 0 saturated carbocycles. The predicted molar refractivity (Wildman–Crippen MR) is 76.1 cm³/mol. The molecule has 1 heterocycles. The van der Waals surface area contributed by atoms with Crippen molar-refractivity contribution in [2.45, 2.75) is 11.7 Å². The summed E-state index contributed by atoms with van der Waals surface area (Å²) in [4.78, 5) is 4.69. The van der Waals surface area contributed by atoms with Gasteiger partial charge in [0, 0.05) is 11.9 Å². The van der Waals surface area contributed by atoms with E-state index in [4.69, 9.17) is 4.98 Å². The summed E-state index contributed by atoms with van der Waals surface area (Å²) >= 11 is 1.61. The third kappa shape index (κ3) is 1.69. The maximum absolute atomic E-state index is 9.17. The number of benzene rings is 2. The number of fused-ring (bicyclic) bond motifs is 3. The van der Waals surface area contributed by atoms with Gasteiger partial charge >= 0.3 is 0 Å². The van der Waals surface area contributed by atoms with Gasteiger partial charge in [0.05, 0.1) is 17.6 Å². The van der Waals surface area contributed by atoms with Crippen molar-refractivity contribution in [3.8, 4) is 0 Å². The number of hydrogen-bond acceptors (Lipinski definition) is 3. The van der Waals surface area contributed by atoms with Crippen LogP contribution in [0.25, 0.3) is 21.8 Å². The molecule has 0 bridgehead atoms. The zero-order valence-electron chi connectivity index (χ0n) is 10.1. The van der Waals surface area contributed by atoms with E-state index in [-0.39, 0.29) is 6.61 Å². The van der Waals surface area contributed by atoms with Gasteiger partial charge in [-0.05, 0) is 17.7 Å². The second kappa shape index (κ2) is 4.63. The molecule has 3 aromatic rings. The molecule has 0 amide bonds. The maximum Gasteiger partial charge on any atom is 0.168 e. The molecule has 4 heteroatoms. The van der Waals surface area contributed by atoms with E-state index in [1.807, 2.05) is 18.4 Å². The first-order valence-electron chi connectivity index (χ1n) is 5.88. The molecule has 0 aliphatic carbocycles. The SMILES string of the molecule is CSc1nc2c3ccccc3ccc2n1CCO. The van der Waals surface area contributed by atoms with Gasteiger partial charge in [0.15, 0.2) is 5.16 Å². The van der Waals surface area contributed by atoms with Crippen molar-refractivity contribution in [3.63, 3.8) is 0 Å². The normalized spacial score (nSPS) is 11.4. The van der Waals surface area contributed by atoms with Gasteiger partial charge in [-0.3, -0.25) is 0 Å². The van der Waals surface area contributed by atoms with Crippen LogP contribution in [0.4, 0.5) is 0 Å². The molecule has 0 radical (unpaired) electrons. The monoisotopic (exact) mass is 258 g/mol. The van der Waals surface area contributed by atoms with E-state index < -0.39 is 0 Å². The van der Waals surface area contributed by atoms with Crippen molar-refractivity contribution in [1.29, 1.82) is 0 Å². The van der Waals surface area contributed by atoms with E-state index in [9.17, 15) is 5.11 Å². The van der Waals surface area contributed by atoms with Gasteiger partial charge in [-0.25, -0.2) is 4.98 Å². The zero-order chi connectivity index (χ0) is 12.5. The molecule has 0 spiro atoms. The van der Waals surface area contributed by atoms with Crippen molar-refractivity contribution in [1.82, 2.24) is 9.55 Å². The summed E-state index contributed by atoms with van der Waals surface area (Å²) in [6, 6.07) is 12.5. The highest BCUT2D eigenvalue weighted by Gasteiger charge is 2.11. The Bertz CT molecular complexity index is 705. The van der Waals surface area contributed by atoms with Crippen LogP contribution in [0.2, 0.25) is 0 Å².